The summed E-state index contributed by atoms with van der Waals surface area (Å²) in [7, 11) is 1.54. The number of carbonyl (C=O) groups is 1. The molecule has 1 aromatic carbocycles. The van der Waals surface area contributed by atoms with E-state index in [4.69, 9.17) is 0 Å². The van der Waals surface area contributed by atoms with Gasteiger partial charge < -0.3 is 20.4 Å². The Kier molecular flexibility index (Phi) is 4.62. The van der Waals surface area contributed by atoms with Gasteiger partial charge in [-0.05, 0) is 24.2 Å². The van der Waals surface area contributed by atoms with Crippen LogP contribution in [0, 0.1) is 0 Å². The summed E-state index contributed by atoms with van der Waals surface area (Å²) in [6.07, 6.45) is 1.68. The van der Waals surface area contributed by atoms with Gasteiger partial charge in [-0.2, -0.15) is 0 Å². The number of carboxylic acids is 1. The van der Waals surface area contributed by atoms with Crippen molar-refractivity contribution in [3.63, 3.8) is 0 Å². The standard InChI is InChI=1S/C14H14BrN3O4/c1-3-6-7(4-10(16-2)14(21)22)11-9(5-8(6)15)17-12(19)13(20)18-11/h3,5,10,16H,1,4H2,2H3,(H,17,19)(H,18,20)(H,21,22). The molecule has 0 bridgehead atoms. The van der Waals surface area contributed by atoms with Gasteiger partial charge in [-0.25, -0.2) is 0 Å². The number of carboxylic acid groups (broad SMARTS) is 1. The molecule has 1 heterocycles. The molecule has 1 unspecified atom stereocenters. The van der Waals surface area contributed by atoms with Crippen LogP contribution in [0.2, 0.25) is 0 Å². The van der Waals surface area contributed by atoms with Gasteiger partial charge in [-0.3, -0.25) is 14.4 Å². The van der Waals surface area contributed by atoms with Gasteiger partial charge in [0.05, 0.1) is 11.0 Å². The number of nitrogens with one attached hydrogen (secondary N) is 3. The first kappa shape index (κ1) is 16.2. The van der Waals surface area contributed by atoms with Crippen LogP contribution in [-0.2, 0) is 11.2 Å². The first-order valence-corrected chi connectivity index (χ1v) is 7.18. The monoisotopic (exact) mass is 367 g/mol. The van der Waals surface area contributed by atoms with Crippen LogP contribution in [0.3, 0.4) is 0 Å². The molecule has 0 saturated carbocycles. The van der Waals surface area contributed by atoms with Gasteiger partial charge in [0.15, 0.2) is 0 Å². The van der Waals surface area contributed by atoms with Crippen LogP contribution in [-0.4, -0.2) is 34.1 Å². The summed E-state index contributed by atoms with van der Waals surface area (Å²) in [6.45, 7) is 3.72. The van der Waals surface area contributed by atoms with E-state index in [9.17, 15) is 19.5 Å². The van der Waals surface area contributed by atoms with E-state index in [1.54, 1.807) is 12.1 Å². The SMILES string of the molecule is C=Cc1c(Br)cc2[nH]c(=O)c(=O)[nH]c2c1CC(NC)C(=O)O. The maximum Gasteiger partial charge on any atom is 0.321 e. The van der Waals surface area contributed by atoms with Crippen molar-refractivity contribution in [3.05, 3.63) is 49.0 Å². The number of halogens is 1. The lowest BCUT2D eigenvalue weighted by atomic mass is 9.98. The smallest absolute Gasteiger partial charge is 0.321 e. The van der Waals surface area contributed by atoms with Crippen molar-refractivity contribution in [2.75, 3.05) is 7.05 Å². The first-order valence-electron chi connectivity index (χ1n) is 6.39. The van der Waals surface area contributed by atoms with Gasteiger partial charge in [0.2, 0.25) is 0 Å². The lowest BCUT2D eigenvalue weighted by Crippen LogP contribution is -2.36. The van der Waals surface area contributed by atoms with Crippen LogP contribution in [0.15, 0.2) is 26.7 Å². The Morgan fingerprint density at radius 2 is 2.09 bits per heavy atom. The fraction of sp³-hybridized carbons (Fsp3) is 0.214. The number of rotatable bonds is 5. The zero-order valence-corrected chi connectivity index (χ0v) is 13.3. The first-order chi connectivity index (χ1) is 10.4. The molecule has 0 saturated heterocycles. The van der Waals surface area contributed by atoms with Gasteiger partial charge in [0.1, 0.15) is 6.04 Å². The largest absolute Gasteiger partial charge is 0.480 e. The van der Waals surface area contributed by atoms with Crippen molar-refractivity contribution in [3.8, 4) is 0 Å². The summed E-state index contributed by atoms with van der Waals surface area (Å²) in [5.74, 6) is -1.02. The third kappa shape index (κ3) is 2.88. The van der Waals surface area contributed by atoms with Gasteiger partial charge in [0, 0.05) is 10.9 Å². The third-order valence-corrected chi connectivity index (χ3v) is 4.03. The summed E-state index contributed by atoms with van der Waals surface area (Å²) >= 11 is 3.37. The van der Waals surface area contributed by atoms with Crippen molar-refractivity contribution in [1.29, 1.82) is 0 Å². The molecule has 2 rings (SSSR count). The normalized spacial score (nSPS) is 12.3. The number of hydrogen-bond donors (Lipinski definition) is 4. The molecule has 0 aliphatic carbocycles. The number of H-pyrrole nitrogens is 2. The van der Waals surface area contributed by atoms with Crippen LogP contribution < -0.4 is 16.4 Å². The number of likely N-dealkylation sites (N-methyl/N-ethyl adjacent to an activating group) is 1. The second-order valence-corrected chi connectivity index (χ2v) is 5.52. The second-order valence-electron chi connectivity index (χ2n) is 4.67. The maximum absolute atomic E-state index is 11.6. The topological polar surface area (TPSA) is 115 Å². The van der Waals surface area contributed by atoms with Crippen LogP contribution in [0.4, 0.5) is 0 Å². The van der Waals surface area contributed by atoms with Crippen molar-refractivity contribution >= 4 is 39.0 Å². The average molecular weight is 368 g/mol. The van der Waals surface area contributed by atoms with Gasteiger partial charge in [-0.1, -0.05) is 28.6 Å². The Morgan fingerprint density at radius 3 is 2.64 bits per heavy atom. The lowest BCUT2D eigenvalue weighted by Gasteiger charge is -2.16. The Hall–Kier alpha value is -2.19. The quantitative estimate of drug-likeness (QED) is 0.584. The molecule has 0 spiro atoms. The summed E-state index contributed by atoms with van der Waals surface area (Å²) < 4.78 is 0.646. The van der Waals surface area contributed by atoms with Crippen LogP contribution in [0.25, 0.3) is 17.1 Å². The number of hydrogen-bond acceptors (Lipinski definition) is 4. The lowest BCUT2D eigenvalue weighted by molar-refractivity contribution is -0.139. The molecule has 7 nitrogen and oxygen atoms in total. The van der Waals surface area contributed by atoms with Crippen molar-refractivity contribution in [1.82, 2.24) is 15.3 Å². The number of aromatic amines is 2. The molecule has 4 N–H and O–H groups in total. The van der Waals surface area contributed by atoms with Crippen molar-refractivity contribution < 1.29 is 9.90 Å². The van der Waals surface area contributed by atoms with Crippen molar-refractivity contribution in [2.24, 2.45) is 0 Å². The minimum atomic E-state index is -1.02. The highest BCUT2D eigenvalue weighted by atomic mass is 79.9. The molecular formula is C14H14BrN3O4. The molecule has 0 aliphatic heterocycles. The Balaban J connectivity index is 2.80. The van der Waals surface area contributed by atoms with E-state index in [2.05, 4.69) is 37.8 Å². The van der Waals surface area contributed by atoms with Crippen molar-refractivity contribution in [2.45, 2.75) is 12.5 Å². The number of benzene rings is 1. The molecule has 8 heteroatoms. The van der Waals surface area contributed by atoms with E-state index < -0.39 is 23.1 Å². The summed E-state index contributed by atoms with van der Waals surface area (Å²) in [4.78, 5) is 39.3. The molecule has 116 valence electrons. The van der Waals surface area contributed by atoms with Crippen LogP contribution >= 0.6 is 15.9 Å². The fourth-order valence-electron chi connectivity index (χ4n) is 2.26. The Bertz CT molecular complexity index is 869. The number of aliphatic carboxylic acids is 1. The second kappa shape index (κ2) is 6.29. The zero-order chi connectivity index (χ0) is 16.4. The van der Waals surface area contributed by atoms with E-state index in [1.165, 1.54) is 7.05 Å². The minimum absolute atomic E-state index is 0.116. The minimum Gasteiger partial charge on any atom is -0.480 e. The molecule has 0 aliphatic rings. The molecular weight excluding hydrogens is 354 g/mol. The Labute approximate surface area is 133 Å². The maximum atomic E-state index is 11.6. The highest BCUT2D eigenvalue weighted by Gasteiger charge is 2.20. The van der Waals surface area contributed by atoms with Gasteiger partial charge in [0.25, 0.3) is 0 Å². The summed E-state index contributed by atoms with van der Waals surface area (Å²) in [5.41, 5.74) is 0.496. The molecule has 1 atom stereocenters. The summed E-state index contributed by atoms with van der Waals surface area (Å²) in [6, 6.07) is 0.800. The summed E-state index contributed by atoms with van der Waals surface area (Å²) in [5, 5.41) is 11.9. The molecule has 0 amide bonds. The average Bonchev–Trinajstić information content (AvgIpc) is 2.46. The highest BCUT2D eigenvalue weighted by molar-refractivity contribution is 9.10. The van der Waals surface area contributed by atoms with Crippen LogP contribution in [0.5, 0.6) is 0 Å². The van der Waals surface area contributed by atoms with E-state index in [-0.39, 0.29) is 6.42 Å². The number of fused-ring (bicyclic) bond motifs is 1. The van der Waals surface area contributed by atoms with E-state index in [0.717, 1.165) is 0 Å². The third-order valence-electron chi connectivity index (χ3n) is 3.38. The molecule has 0 radical (unpaired) electrons. The van der Waals surface area contributed by atoms with Gasteiger partial charge >= 0.3 is 17.1 Å². The molecule has 1 aromatic heterocycles. The highest BCUT2D eigenvalue weighted by Crippen LogP contribution is 2.28. The number of aromatic nitrogens is 2. The molecule has 22 heavy (non-hydrogen) atoms. The predicted octanol–water partition coefficient (Wildman–Crippen LogP) is 0.837. The Morgan fingerprint density at radius 1 is 1.45 bits per heavy atom. The molecule has 2 aromatic rings. The van der Waals surface area contributed by atoms with E-state index >= 15 is 0 Å². The van der Waals surface area contributed by atoms with E-state index in [0.29, 0.717) is 26.6 Å². The fourth-order valence-corrected chi connectivity index (χ4v) is 2.89. The zero-order valence-electron chi connectivity index (χ0n) is 11.7. The predicted molar refractivity (Wildman–Crippen MR) is 87.2 cm³/mol. The molecule has 0 fully saturated rings. The van der Waals surface area contributed by atoms with Crippen LogP contribution in [0.1, 0.15) is 11.1 Å². The van der Waals surface area contributed by atoms with E-state index in [1.807, 2.05) is 0 Å². The van der Waals surface area contributed by atoms with Gasteiger partial charge in [-0.15, -0.1) is 0 Å².